The molecule has 0 spiro atoms. The number of hydrogen-bond acceptors (Lipinski definition) is 1. The van der Waals surface area contributed by atoms with Crippen molar-refractivity contribution >= 4 is 43.6 Å². The van der Waals surface area contributed by atoms with E-state index >= 15 is 0 Å². The molecule has 54 valence electrons. The van der Waals surface area contributed by atoms with Crippen LogP contribution in [0, 0.1) is 6.54 Å². The quantitative estimate of drug-likeness (QED) is 0.329. The Hall–Kier alpha value is 1.02. The maximum absolute atomic E-state index is 10.5. The molecule has 0 aromatic rings. The Bertz CT molecular complexity index is 89.7. The van der Waals surface area contributed by atoms with Crippen molar-refractivity contribution in [1.29, 1.82) is 0 Å². The van der Waals surface area contributed by atoms with Gasteiger partial charge in [-0.15, -0.1) is 0 Å². The Balaban J connectivity index is 0. The predicted octanol–water partition coefficient (Wildman–Crippen LogP) is -2.54. The van der Waals surface area contributed by atoms with Gasteiger partial charge < -0.3 is 17.7 Å². The summed E-state index contributed by atoms with van der Waals surface area (Å²) in [6.45, 7) is 1.84. The van der Waals surface area contributed by atoms with Crippen LogP contribution in [-0.2, 0) is 4.79 Å². The van der Waals surface area contributed by atoms with Crippen LogP contribution in [0.3, 0.4) is 0 Å². The molecule has 1 fully saturated rings. The summed E-state index contributed by atoms with van der Waals surface area (Å²) in [7, 11) is 0. The Morgan fingerprint density at radius 3 is 2.80 bits per heavy atom. The van der Waals surface area contributed by atoms with Crippen LogP contribution in [0.5, 0.6) is 0 Å². The van der Waals surface area contributed by atoms with Gasteiger partial charge in [0, 0.05) is 6.42 Å². The minimum absolute atomic E-state index is 0. The first-order chi connectivity index (χ1) is 3.89. The van der Waals surface area contributed by atoms with Gasteiger partial charge in [0.15, 0.2) is 5.91 Å². The van der Waals surface area contributed by atoms with Crippen LogP contribution >= 0.6 is 0 Å². The fraction of sp³-hybridized carbons (Fsp3) is 0.667. The van der Waals surface area contributed by atoms with E-state index < -0.39 is 0 Å². The first-order valence-electron chi connectivity index (χ1n) is 3.00. The number of halogens is 1. The van der Waals surface area contributed by atoms with Gasteiger partial charge in [-0.05, 0) is 6.42 Å². The summed E-state index contributed by atoms with van der Waals surface area (Å²) >= 11 is 0. The molecule has 4 heteroatoms. The second-order valence-corrected chi connectivity index (χ2v) is 2.02. The molecular weight excluding hydrogens is 178 g/mol. The van der Waals surface area contributed by atoms with Crippen molar-refractivity contribution in [1.82, 2.24) is 5.32 Å². The van der Waals surface area contributed by atoms with Gasteiger partial charge in [0.25, 0.3) is 0 Å². The van der Waals surface area contributed by atoms with Crippen molar-refractivity contribution in [3.8, 4) is 0 Å². The van der Waals surface area contributed by atoms with Crippen LogP contribution in [-0.4, -0.2) is 43.6 Å². The number of nitrogens with one attached hydrogen (secondary N) is 1. The van der Waals surface area contributed by atoms with Gasteiger partial charge >= 0.3 is 37.7 Å². The summed E-state index contributed by atoms with van der Waals surface area (Å²) in [6, 6.07) is 0. The molecule has 2 nitrogen and oxygen atoms in total. The average Bonchev–Trinajstić information content (AvgIpc) is 1.94. The van der Waals surface area contributed by atoms with Crippen molar-refractivity contribution in [2.24, 2.45) is 0 Å². The van der Waals surface area contributed by atoms with Gasteiger partial charge in [-0.25, -0.2) is 6.54 Å². The zero-order valence-electron chi connectivity index (χ0n) is 5.90. The monoisotopic (exact) mass is 187 g/mol. The van der Waals surface area contributed by atoms with Gasteiger partial charge in [-0.2, -0.15) is 6.42 Å². The van der Waals surface area contributed by atoms with E-state index in [1.54, 1.807) is 0 Å². The molecule has 1 aliphatic heterocycles. The summed E-state index contributed by atoms with van der Waals surface area (Å²) < 4.78 is 0. The zero-order chi connectivity index (χ0) is 5.82. The van der Waals surface area contributed by atoms with Crippen molar-refractivity contribution in [2.45, 2.75) is 25.7 Å². The maximum atomic E-state index is 10.5. The Morgan fingerprint density at radius 1 is 1.40 bits per heavy atom. The largest absolute Gasteiger partial charge is 2.00 e. The Labute approximate surface area is 97.5 Å². The molecule has 1 saturated heterocycles. The third-order valence-corrected chi connectivity index (χ3v) is 1.27. The number of rotatable bonds is 0. The molecule has 0 aromatic carbocycles. The normalized spacial score (nSPS) is 17.4. The average molecular weight is 188 g/mol. The van der Waals surface area contributed by atoms with Gasteiger partial charge in [-0.1, -0.05) is 6.42 Å². The number of carbonyl (C=O) groups excluding carboxylic acids is 1. The van der Waals surface area contributed by atoms with Crippen LogP contribution < -0.4 is 17.7 Å². The van der Waals surface area contributed by atoms with Crippen LogP contribution in [0.15, 0.2) is 0 Å². The number of amides is 1. The molecule has 0 aliphatic carbocycles. The van der Waals surface area contributed by atoms with Gasteiger partial charge in [0.05, 0.1) is 0 Å². The van der Waals surface area contributed by atoms with E-state index in [1.807, 2.05) is 6.54 Å². The molecule has 1 N–H and O–H groups in total. The molecule has 0 atom stereocenters. The minimum atomic E-state index is 0. The molecular formula is C6H10CaClNO. The molecule has 0 aromatic heterocycles. The van der Waals surface area contributed by atoms with Gasteiger partial charge in [0.2, 0.25) is 0 Å². The molecule has 1 heterocycles. The van der Waals surface area contributed by atoms with Crippen LogP contribution in [0.1, 0.15) is 25.7 Å². The van der Waals surface area contributed by atoms with E-state index in [2.05, 4.69) is 5.32 Å². The molecule has 10 heavy (non-hydrogen) atoms. The Kier molecular flexibility index (Phi) is 11.0. The predicted molar refractivity (Wildman–Crippen MR) is 36.7 cm³/mol. The SMILES string of the molecule is O=C1CCCC[CH-]N1.[Ca+2].[Cl-]. The molecule has 1 rings (SSSR count). The fourth-order valence-corrected chi connectivity index (χ4v) is 0.790. The van der Waals surface area contributed by atoms with Crippen molar-refractivity contribution in [3.63, 3.8) is 0 Å². The van der Waals surface area contributed by atoms with Crippen molar-refractivity contribution in [2.75, 3.05) is 0 Å². The molecule has 0 unspecified atom stereocenters. The topological polar surface area (TPSA) is 29.1 Å². The molecule has 0 bridgehead atoms. The third-order valence-electron chi connectivity index (χ3n) is 1.27. The fourth-order valence-electron chi connectivity index (χ4n) is 0.790. The van der Waals surface area contributed by atoms with Gasteiger partial charge in [0.1, 0.15) is 0 Å². The molecule has 0 saturated carbocycles. The van der Waals surface area contributed by atoms with E-state index in [0.717, 1.165) is 19.3 Å². The summed E-state index contributed by atoms with van der Waals surface area (Å²) in [5.41, 5.74) is 0. The van der Waals surface area contributed by atoms with E-state index in [-0.39, 0.29) is 56.1 Å². The molecule has 1 aliphatic rings. The maximum Gasteiger partial charge on any atom is 2.00 e. The summed E-state index contributed by atoms with van der Waals surface area (Å²) in [6.07, 6.45) is 3.93. The second-order valence-electron chi connectivity index (χ2n) is 2.02. The van der Waals surface area contributed by atoms with Crippen LogP contribution in [0.4, 0.5) is 0 Å². The van der Waals surface area contributed by atoms with Crippen LogP contribution in [0.2, 0.25) is 0 Å². The first kappa shape index (κ1) is 13.6. The molecule has 1 amide bonds. The second kappa shape index (κ2) is 8.12. The summed E-state index contributed by atoms with van der Waals surface area (Å²) in [5.74, 6) is 0.169. The zero-order valence-corrected chi connectivity index (χ0v) is 8.86. The third kappa shape index (κ3) is 5.78. The van der Waals surface area contributed by atoms with Crippen LogP contribution in [0.25, 0.3) is 0 Å². The number of carbonyl (C=O) groups is 1. The number of hydrogen-bond donors (Lipinski definition) is 1. The van der Waals surface area contributed by atoms with E-state index in [4.69, 9.17) is 0 Å². The van der Waals surface area contributed by atoms with E-state index in [0.29, 0.717) is 6.42 Å². The van der Waals surface area contributed by atoms with Crippen molar-refractivity contribution in [3.05, 3.63) is 6.54 Å². The van der Waals surface area contributed by atoms with Crippen molar-refractivity contribution < 1.29 is 17.2 Å². The van der Waals surface area contributed by atoms with E-state index in [9.17, 15) is 4.79 Å². The summed E-state index contributed by atoms with van der Waals surface area (Å²) in [5, 5.41) is 2.68. The standard InChI is InChI=1S/C6H10NO.Ca.ClH/c8-6-4-2-1-3-5-7-6;;/h5H,1-4H2,(H,7,8);;1H/q-1;+2;/p-1. The van der Waals surface area contributed by atoms with Gasteiger partial charge in [-0.3, -0.25) is 4.79 Å². The smallest absolute Gasteiger partial charge is 1.00 e. The Morgan fingerprint density at radius 2 is 2.10 bits per heavy atom. The minimum Gasteiger partial charge on any atom is -1.00 e. The summed E-state index contributed by atoms with van der Waals surface area (Å²) in [4.78, 5) is 10.5. The first-order valence-corrected chi connectivity index (χ1v) is 3.00. The molecule has 0 radical (unpaired) electrons. The van der Waals surface area contributed by atoms with E-state index in [1.165, 1.54) is 0 Å².